The highest BCUT2D eigenvalue weighted by Gasteiger charge is 2.42. The zero-order valence-corrected chi connectivity index (χ0v) is 11.2. The van der Waals surface area contributed by atoms with E-state index in [0.717, 1.165) is 45.3 Å². The number of hydrogen-bond acceptors (Lipinski definition) is 4. The van der Waals surface area contributed by atoms with E-state index in [9.17, 15) is 9.90 Å². The number of hydrogen-bond donors (Lipinski definition) is 1. The summed E-state index contributed by atoms with van der Waals surface area (Å²) in [5, 5.41) is 9.84. The van der Waals surface area contributed by atoms with Crippen LogP contribution in [0.2, 0.25) is 0 Å². The molecule has 0 radical (unpaired) electrons. The van der Waals surface area contributed by atoms with Crippen molar-refractivity contribution in [3.05, 3.63) is 0 Å². The normalized spacial score (nSPS) is 29.1. The highest BCUT2D eigenvalue weighted by molar-refractivity contribution is 5.85. The smallest absolute Gasteiger partial charge is 0.164 e. The first kappa shape index (κ1) is 14.0. The van der Waals surface area contributed by atoms with Crippen LogP contribution in [0.1, 0.15) is 45.4 Å². The molecule has 0 aromatic heterocycles. The van der Waals surface area contributed by atoms with Gasteiger partial charge in [-0.1, -0.05) is 13.3 Å². The van der Waals surface area contributed by atoms with E-state index >= 15 is 0 Å². The number of ether oxygens (including phenoxy) is 2. The molecular weight excluding hydrogens is 232 g/mol. The summed E-state index contributed by atoms with van der Waals surface area (Å²) in [6.45, 7) is 4.06. The molecule has 2 aliphatic rings. The summed E-state index contributed by atoms with van der Waals surface area (Å²) in [5.74, 6) is -0.00980. The van der Waals surface area contributed by atoms with Crippen molar-refractivity contribution >= 4 is 5.78 Å². The Hall–Kier alpha value is -0.450. The first-order valence-electron chi connectivity index (χ1n) is 7.10. The van der Waals surface area contributed by atoms with Crippen molar-refractivity contribution in [1.29, 1.82) is 0 Å². The van der Waals surface area contributed by atoms with Gasteiger partial charge in [0, 0.05) is 25.7 Å². The standard InChI is InChI=1S/C14H24O4/c1-2-3-12(15)13(16)11-4-7-18-14(10-11)5-8-17-9-6-14/h11-12,15H,2-10H2,1H3. The molecule has 0 aromatic rings. The van der Waals surface area contributed by atoms with Gasteiger partial charge in [0.05, 0.1) is 5.60 Å². The van der Waals surface area contributed by atoms with Crippen LogP contribution in [-0.4, -0.2) is 42.4 Å². The van der Waals surface area contributed by atoms with Crippen LogP contribution in [0.4, 0.5) is 0 Å². The van der Waals surface area contributed by atoms with E-state index in [1.165, 1.54) is 0 Å². The fourth-order valence-electron chi connectivity index (χ4n) is 3.05. The van der Waals surface area contributed by atoms with Crippen molar-refractivity contribution in [2.24, 2.45) is 5.92 Å². The molecule has 1 spiro atoms. The van der Waals surface area contributed by atoms with Crippen molar-refractivity contribution < 1.29 is 19.4 Å². The van der Waals surface area contributed by atoms with Gasteiger partial charge in [0.1, 0.15) is 6.10 Å². The lowest BCUT2D eigenvalue weighted by Gasteiger charge is -2.43. The molecule has 0 saturated carbocycles. The summed E-state index contributed by atoms with van der Waals surface area (Å²) in [6, 6.07) is 0. The Bertz CT molecular complexity index is 278. The molecule has 18 heavy (non-hydrogen) atoms. The molecule has 2 saturated heterocycles. The molecule has 0 bridgehead atoms. The van der Waals surface area contributed by atoms with Gasteiger partial charge >= 0.3 is 0 Å². The Morgan fingerprint density at radius 2 is 2.11 bits per heavy atom. The van der Waals surface area contributed by atoms with E-state index in [1.807, 2.05) is 6.92 Å². The predicted octanol–water partition coefficient (Wildman–Crippen LogP) is 1.69. The molecule has 2 unspecified atom stereocenters. The minimum absolute atomic E-state index is 0.0195. The maximum atomic E-state index is 12.2. The quantitative estimate of drug-likeness (QED) is 0.831. The van der Waals surface area contributed by atoms with E-state index in [4.69, 9.17) is 9.47 Å². The molecule has 1 N–H and O–H groups in total. The lowest BCUT2D eigenvalue weighted by atomic mass is 9.78. The van der Waals surface area contributed by atoms with Gasteiger partial charge in [0.25, 0.3) is 0 Å². The first-order valence-corrected chi connectivity index (χ1v) is 7.10. The topological polar surface area (TPSA) is 55.8 Å². The first-order chi connectivity index (χ1) is 8.67. The zero-order chi connectivity index (χ0) is 13.0. The van der Waals surface area contributed by atoms with Gasteiger partial charge in [-0.05, 0) is 32.1 Å². The third-order valence-electron chi connectivity index (χ3n) is 4.19. The number of carbonyl (C=O) groups excluding carboxylic acids is 1. The number of carbonyl (C=O) groups is 1. The average Bonchev–Trinajstić information content (AvgIpc) is 2.39. The molecule has 2 fully saturated rings. The van der Waals surface area contributed by atoms with Crippen molar-refractivity contribution in [3.8, 4) is 0 Å². The molecule has 4 heteroatoms. The van der Waals surface area contributed by atoms with Crippen LogP contribution in [-0.2, 0) is 14.3 Å². The number of aliphatic hydroxyl groups excluding tert-OH is 1. The molecule has 2 rings (SSSR count). The Morgan fingerprint density at radius 3 is 2.78 bits per heavy atom. The zero-order valence-electron chi connectivity index (χ0n) is 11.2. The Kier molecular flexibility index (Phi) is 4.76. The van der Waals surface area contributed by atoms with Gasteiger partial charge in [-0.3, -0.25) is 4.79 Å². The number of ketones is 1. The van der Waals surface area contributed by atoms with E-state index in [1.54, 1.807) is 0 Å². The maximum absolute atomic E-state index is 12.2. The fraction of sp³-hybridized carbons (Fsp3) is 0.929. The Morgan fingerprint density at radius 1 is 1.39 bits per heavy atom. The summed E-state index contributed by atoms with van der Waals surface area (Å²) in [5.41, 5.74) is -0.164. The Labute approximate surface area is 109 Å². The van der Waals surface area contributed by atoms with E-state index in [2.05, 4.69) is 0 Å². The van der Waals surface area contributed by atoms with Gasteiger partial charge in [0.15, 0.2) is 5.78 Å². The molecular formula is C14H24O4. The van der Waals surface area contributed by atoms with Crippen LogP contribution >= 0.6 is 0 Å². The summed E-state index contributed by atoms with van der Waals surface area (Å²) in [4.78, 5) is 12.2. The summed E-state index contributed by atoms with van der Waals surface area (Å²) < 4.78 is 11.3. The fourth-order valence-corrected chi connectivity index (χ4v) is 3.05. The third-order valence-corrected chi connectivity index (χ3v) is 4.19. The minimum Gasteiger partial charge on any atom is -0.385 e. The van der Waals surface area contributed by atoms with Gasteiger partial charge in [-0.15, -0.1) is 0 Å². The average molecular weight is 256 g/mol. The van der Waals surface area contributed by atoms with Crippen LogP contribution in [0.5, 0.6) is 0 Å². The second-order valence-electron chi connectivity index (χ2n) is 5.54. The summed E-state index contributed by atoms with van der Waals surface area (Å²) in [6.07, 6.45) is 3.90. The Balaban J connectivity index is 1.95. The number of rotatable bonds is 4. The summed E-state index contributed by atoms with van der Waals surface area (Å²) in [7, 11) is 0. The van der Waals surface area contributed by atoms with Crippen molar-refractivity contribution in [2.75, 3.05) is 19.8 Å². The van der Waals surface area contributed by atoms with Gasteiger partial charge in [-0.2, -0.15) is 0 Å². The third kappa shape index (κ3) is 3.11. The van der Waals surface area contributed by atoms with Crippen LogP contribution < -0.4 is 0 Å². The molecule has 2 atom stereocenters. The van der Waals surface area contributed by atoms with Gasteiger partial charge < -0.3 is 14.6 Å². The molecule has 0 aromatic carbocycles. The largest absolute Gasteiger partial charge is 0.385 e. The SMILES string of the molecule is CCCC(O)C(=O)C1CCOC2(CCOCC2)C1. The molecule has 104 valence electrons. The predicted molar refractivity (Wildman–Crippen MR) is 67.4 cm³/mol. The summed E-state index contributed by atoms with van der Waals surface area (Å²) >= 11 is 0. The van der Waals surface area contributed by atoms with E-state index < -0.39 is 6.10 Å². The monoisotopic (exact) mass is 256 g/mol. The lowest BCUT2D eigenvalue weighted by molar-refractivity contribution is -0.161. The lowest BCUT2D eigenvalue weighted by Crippen LogP contribution is -2.47. The van der Waals surface area contributed by atoms with Crippen LogP contribution in [0.25, 0.3) is 0 Å². The van der Waals surface area contributed by atoms with Gasteiger partial charge in [0.2, 0.25) is 0 Å². The van der Waals surface area contributed by atoms with E-state index in [0.29, 0.717) is 13.0 Å². The van der Waals surface area contributed by atoms with Gasteiger partial charge in [-0.25, -0.2) is 0 Å². The van der Waals surface area contributed by atoms with Crippen LogP contribution in [0, 0.1) is 5.92 Å². The second-order valence-corrected chi connectivity index (χ2v) is 5.54. The molecule has 4 nitrogen and oxygen atoms in total. The highest BCUT2D eigenvalue weighted by atomic mass is 16.5. The van der Waals surface area contributed by atoms with E-state index in [-0.39, 0.29) is 17.3 Å². The van der Waals surface area contributed by atoms with Crippen LogP contribution in [0.15, 0.2) is 0 Å². The molecule has 0 aliphatic carbocycles. The molecule has 0 amide bonds. The molecule has 2 heterocycles. The second kappa shape index (κ2) is 6.13. The molecule has 2 aliphatic heterocycles. The van der Waals surface area contributed by atoms with Crippen molar-refractivity contribution in [3.63, 3.8) is 0 Å². The minimum atomic E-state index is -0.782. The van der Waals surface area contributed by atoms with Crippen molar-refractivity contribution in [1.82, 2.24) is 0 Å². The van der Waals surface area contributed by atoms with Crippen LogP contribution in [0.3, 0.4) is 0 Å². The number of Topliss-reactive ketones (excluding diaryl/α,β-unsaturated/α-hetero) is 1. The highest BCUT2D eigenvalue weighted by Crippen LogP contribution is 2.37. The van der Waals surface area contributed by atoms with Crippen molar-refractivity contribution in [2.45, 2.75) is 57.2 Å². The maximum Gasteiger partial charge on any atom is 0.164 e. The number of aliphatic hydroxyl groups is 1.